The topological polar surface area (TPSA) is 54.0 Å². The molecule has 2 aromatic rings. The summed E-state index contributed by atoms with van der Waals surface area (Å²) in [6.45, 7) is 2.67. The van der Waals surface area contributed by atoms with E-state index in [0.29, 0.717) is 10.9 Å². The molecule has 1 aliphatic rings. The van der Waals surface area contributed by atoms with Crippen molar-refractivity contribution in [1.82, 2.24) is 10.3 Å². The number of pyridine rings is 1. The molecular weight excluding hydrogens is 438 g/mol. The number of amides is 1. The number of aromatic nitrogens is 1. The van der Waals surface area contributed by atoms with Crippen molar-refractivity contribution in [3.63, 3.8) is 0 Å². The SMILES string of the molecule is Cc1cc(NC[C@H]2CC[C@H](NC(=O)c3cc(C(F)(F)F)ccc3Cl)CC2)ncc1Cl. The van der Waals surface area contributed by atoms with Gasteiger partial charge in [0.2, 0.25) is 0 Å². The minimum absolute atomic E-state index is 0.00384. The van der Waals surface area contributed by atoms with Crippen LogP contribution in [0.4, 0.5) is 19.0 Å². The summed E-state index contributed by atoms with van der Waals surface area (Å²) in [5.41, 5.74) is -0.0915. The van der Waals surface area contributed by atoms with E-state index in [9.17, 15) is 18.0 Å². The van der Waals surface area contributed by atoms with Crippen LogP contribution in [-0.2, 0) is 6.18 Å². The first-order valence-corrected chi connectivity index (χ1v) is 10.4. The molecule has 3 rings (SSSR count). The fourth-order valence-electron chi connectivity index (χ4n) is 3.53. The first-order chi connectivity index (χ1) is 14.1. The van der Waals surface area contributed by atoms with Crippen LogP contribution < -0.4 is 10.6 Å². The number of aryl methyl sites for hydroxylation is 1. The number of alkyl halides is 3. The van der Waals surface area contributed by atoms with Gasteiger partial charge in [-0.3, -0.25) is 4.79 Å². The van der Waals surface area contributed by atoms with Crippen LogP contribution in [0.2, 0.25) is 10.0 Å². The van der Waals surface area contributed by atoms with Crippen LogP contribution in [0.5, 0.6) is 0 Å². The highest BCUT2D eigenvalue weighted by molar-refractivity contribution is 6.33. The van der Waals surface area contributed by atoms with Gasteiger partial charge < -0.3 is 10.6 Å². The summed E-state index contributed by atoms with van der Waals surface area (Å²) in [6, 6.07) is 4.58. The first kappa shape index (κ1) is 22.7. The number of hydrogen-bond acceptors (Lipinski definition) is 3. The van der Waals surface area contributed by atoms with Crippen molar-refractivity contribution in [3.8, 4) is 0 Å². The van der Waals surface area contributed by atoms with Crippen molar-refractivity contribution in [2.45, 2.75) is 44.8 Å². The summed E-state index contributed by atoms with van der Waals surface area (Å²) in [7, 11) is 0. The zero-order valence-corrected chi connectivity index (χ0v) is 17.8. The van der Waals surface area contributed by atoms with Crippen molar-refractivity contribution in [2.24, 2.45) is 5.92 Å². The predicted molar refractivity (Wildman–Crippen MR) is 112 cm³/mol. The number of carbonyl (C=O) groups is 1. The Morgan fingerprint density at radius 3 is 2.47 bits per heavy atom. The molecule has 1 aromatic carbocycles. The molecule has 0 spiro atoms. The van der Waals surface area contributed by atoms with Gasteiger partial charge in [0.25, 0.3) is 5.91 Å². The number of hydrogen-bond donors (Lipinski definition) is 2. The van der Waals surface area contributed by atoms with Crippen LogP contribution in [0.25, 0.3) is 0 Å². The van der Waals surface area contributed by atoms with Gasteiger partial charge in [-0.05, 0) is 68.4 Å². The summed E-state index contributed by atoms with van der Waals surface area (Å²) in [5, 5.41) is 6.76. The molecule has 0 unspecified atom stereocenters. The number of anilines is 1. The molecule has 0 radical (unpaired) electrons. The van der Waals surface area contributed by atoms with Gasteiger partial charge in [0.05, 0.1) is 21.2 Å². The number of benzene rings is 1. The minimum atomic E-state index is -4.53. The average Bonchev–Trinajstić information content (AvgIpc) is 2.69. The fraction of sp³-hybridized carbons (Fsp3) is 0.429. The summed E-state index contributed by atoms with van der Waals surface area (Å²) in [6.07, 6.45) is 0.373. The van der Waals surface area contributed by atoms with E-state index in [-0.39, 0.29) is 16.6 Å². The zero-order chi connectivity index (χ0) is 21.9. The number of nitrogens with zero attached hydrogens (tertiary/aromatic N) is 1. The number of halogens is 5. The van der Waals surface area contributed by atoms with E-state index in [1.165, 1.54) is 0 Å². The molecular formula is C21H22Cl2F3N3O. The van der Waals surface area contributed by atoms with E-state index in [1.807, 2.05) is 13.0 Å². The van der Waals surface area contributed by atoms with Crippen LogP contribution in [0.1, 0.15) is 47.2 Å². The van der Waals surface area contributed by atoms with Crippen molar-refractivity contribution in [2.75, 3.05) is 11.9 Å². The summed E-state index contributed by atoms with van der Waals surface area (Å²) < 4.78 is 38.7. The molecule has 162 valence electrons. The molecule has 1 aliphatic carbocycles. The summed E-state index contributed by atoms with van der Waals surface area (Å²) in [5.74, 6) is 0.619. The third-order valence-corrected chi connectivity index (χ3v) is 6.06. The Kier molecular flexibility index (Phi) is 7.14. The molecule has 1 amide bonds. The number of rotatable bonds is 5. The van der Waals surface area contributed by atoms with E-state index in [1.54, 1.807) is 6.20 Å². The molecule has 0 bridgehead atoms. The van der Waals surface area contributed by atoms with E-state index in [2.05, 4.69) is 15.6 Å². The highest BCUT2D eigenvalue weighted by Crippen LogP contribution is 2.32. The summed E-state index contributed by atoms with van der Waals surface area (Å²) >= 11 is 11.9. The lowest BCUT2D eigenvalue weighted by Gasteiger charge is -2.29. The maximum absolute atomic E-state index is 12.9. The molecule has 0 saturated heterocycles. The zero-order valence-electron chi connectivity index (χ0n) is 16.3. The average molecular weight is 460 g/mol. The molecule has 9 heteroatoms. The number of nitrogens with one attached hydrogen (secondary N) is 2. The molecule has 4 nitrogen and oxygen atoms in total. The van der Waals surface area contributed by atoms with E-state index in [0.717, 1.165) is 61.8 Å². The van der Waals surface area contributed by atoms with Crippen molar-refractivity contribution in [1.29, 1.82) is 0 Å². The van der Waals surface area contributed by atoms with E-state index < -0.39 is 17.6 Å². The van der Waals surface area contributed by atoms with Gasteiger partial charge in [0.15, 0.2) is 0 Å². The molecule has 1 heterocycles. The Bertz CT molecular complexity index is 913. The van der Waals surface area contributed by atoms with Gasteiger partial charge in [-0.1, -0.05) is 23.2 Å². The molecule has 30 heavy (non-hydrogen) atoms. The second-order valence-corrected chi connectivity index (χ2v) is 8.40. The second kappa shape index (κ2) is 9.43. The lowest BCUT2D eigenvalue weighted by Crippen LogP contribution is -2.38. The van der Waals surface area contributed by atoms with Crippen molar-refractivity contribution >= 4 is 34.9 Å². The third-order valence-electron chi connectivity index (χ3n) is 5.34. The van der Waals surface area contributed by atoms with Gasteiger partial charge in [0, 0.05) is 18.8 Å². The predicted octanol–water partition coefficient (Wildman–Crippen LogP) is 6.12. The van der Waals surface area contributed by atoms with Gasteiger partial charge in [-0.25, -0.2) is 4.98 Å². The van der Waals surface area contributed by atoms with Crippen LogP contribution in [0, 0.1) is 12.8 Å². The fourth-order valence-corrected chi connectivity index (χ4v) is 3.84. The monoisotopic (exact) mass is 459 g/mol. The minimum Gasteiger partial charge on any atom is -0.370 e. The Balaban J connectivity index is 1.51. The molecule has 1 saturated carbocycles. The lowest BCUT2D eigenvalue weighted by molar-refractivity contribution is -0.137. The Morgan fingerprint density at radius 1 is 1.13 bits per heavy atom. The van der Waals surface area contributed by atoms with E-state index in [4.69, 9.17) is 23.2 Å². The van der Waals surface area contributed by atoms with Crippen LogP contribution in [0.3, 0.4) is 0 Å². The molecule has 2 N–H and O–H groups in total. The van der Waals surface area contributed by atoms with Crippen LogP contribution in [0.15, 0.2) is 30.5 Å². The highest BCUT2D eigenvalue weighted by atomic mass is 35.5. The smallest absolute Gasteiger partial charge is 0.370 e. The second-order valence-electron chi connectivity index (χ2n) is 7.58. The quantitative estimate of drug-likeness (QED) is 0.566. The van der Waals surface area contributed by atoms with Gasteiger partial charge in [-0.2, -0.15) is 13.2 Å². The molecule has 0 aliphatic heterocycles. The van der Waals surface area contributed by atoms with Crippen molar-refractivity contribution < 1.29 is 18.0 Å². The first-order valence-electron chi connectivity index (χ1n) is 9.67. The molecule has 1 fully saturated rings. The Labute approximate surface area is 183 Å². The Morgan fingerprint density at radius 2 is 1.83 bits per heavy atom. The Hall–Kier alpha value is -1.99. The maximum atomic E-state index is 12.9. The maximum Gasteiger partial charge on any atom is 0.416 e. The molecule has 0 atom stereocenters. The van der Waals surface area contributed by atoms with Gasteiger partial charge >= 0.3 is 6.18 Å². The van der Waals surface area contributed by atoms with Gasteiger partial charge in [0.1, 0.15) is 5.82 Å². The molecule has 1 aromatic heterocycles. The van der Waals surface area contributed by atoms with Gasteiger partial charge in [-0.15, -0.1) is 0 Å². The highest BCUT2D eigenvalue weighted by Gasteiger charge is 2.32. The number of carbonyl (C=O) groups excluding carboxylic acids is 1. The van der Waals surface area contributed by atoms with Crippen molar-refractivity contribution in [3.05, 3.63) is 57.2 Å². The third kappa shape index (κ3) is 5.79. The van der Waals surface area contributed by atoms with E-state index >= 15 is 0 Å². The largest absolute Gasteiger partial charge is 0.416 e. The van der Waals surface area contributed by atoms with Crippen LogP contribution >= 0.6 is 23.2 Å². The summed E-state index contributed by atoms with van der Waals surface area (Å²) in [4.78, 5) is 16.7. The normalized spacial score (nSPS) is 19.4. The lowest BCUT2D eigenvalue weighted by atomic mass is 9.86. The van der Waals surface area contributed by atoms with Crippen LogP contribution in [-0.4, -0.2) is 23.5 Å². The standard InChI is InChI=1S/C21H22Cl2F3N3O/c1-12-8-19(28-11-18(12)23)27-10-13-2-5-15(6-3-13)29-20(30)16-9-14(21(24,25)26)4-7-17(16)22/h4,7-9,11,13,15H,2-3,5-6,10H2,1H3,(H,27,28)(H,29,30)/t13-,15-.